The smallest absolute Gasteiger partial charge is 0.220 e. The number of carbonyl (C=O) groups is 1. The summed E-state index contributed by atoms with van der Waals surface area (Å²) in [6, 6.07) is -0.801. The maximum Gasteiger partial charge on any atom is 0.220 e. The zero-order valence-electron chi connectivity index (χ0n) is 27.7. The van der Waals surface area contributed by atoms with E-state index in [9.17, 15) is 30.3 Å². The SMILES string of the molecule is CCCCC/C=C/C(O)C(COC1OC(CO)C(O)C(O)C1O)NC(=O)CCCCCCC/C=C\CCCCCCCCC. The average Bonchev–Trinajstić information content (AvgIpc) is 3.02. The fourth-order valence-corrected chi connectivity index (χ4v) is 5.32. The van der Waals surface area contributed by atoms with Gasteiger partial charge in [0.05, 0.1) is 25.4 Å². The first-order valence-corrected chi connectivity index (χ1v) is 17.6. The fraction of sp³-hybridized carbons (Fsp3) is 0.857. The highest BCUT2D eigenvalue weighted by molar-refractivity contribution is 5.76. The molecule has 0 aromatic rings. The quantitative estimate of drug-likeness (QED) is 0.0537. The molecule has 1 aliphatic heterocycles. The van der Waals surface area contributed by atoms with Crippen molar-refractivity contribution < 1.29 is 39.8 Å². The van der Waals surface area contributed by atoms with E-state index in [-0.39, 0.29) is 12.5 Å². The van der Waals surface area contributed by atoms with Crippen molar-refractivity contribution in [2.24, 2.45) is 0 Å². The Hall–Kier alpha value is -1.33. The molecule has 0 radical (unpaired) electrons. The Balaban J connectivity index is 2.37. The van der Waals surface area contributed by atoms with E-state index in [0.717, 1.165) is 64.2 Å². The summed E-state index contributed by atoms with van der Waals surface area (Å²) in [4.78, 5) is 12.7. The standard InChI is InChI=1S/C35H65NO8/c1-3-5-7-9-10-11-12-13-14-15-16-17-18-19-21-23-25-31(39)36-28(29(38)24-22-20-8-6-4-2)27-43-35-34(42)33(41)32(40)30(26-37)44-35/h14-15,22,24,28-30,32-35,37-38,40-42H,3-13,16-21,23,25-27H2,1-2H3,(H,36,39)/b15-14-,24-22+. The van der Waals surface area contributed by atoms with Crippen molar-refractivity contribution in [2.75, 3.05) is 13.2 Å². The molecule has 44 heavy (non-hydrogen) atoms. The summed E-state index contributed by atoms with van der Waals surface area (Å²) in [5.74, 6) is -0.195. The third-order valence-corrected chi connectivity index (χ3v) is 8.27. The van der Waals surface area contributed by atoms with Crippen molar-refractivity contribution in [3.05, 3.63) is 24.3 Å². The number of hydrogen-bond acceptors (Lipinski definition) is 8. The van der Waals surface area contributed by atoms with Crippen LogP contribution in [-0.2, 0) is 14.3 Å². The van der Waals surface area contributed by atoms with Crippen LogP contribution in [0.5, 0.6) is 0 Å². The molecule has 7 unspecified atom stereocenters. The van der Waals surface area contributed by atoms with Gasteiger partial charge in [-0.3, -0.25) is 4.79 Å². The number of rotatable bonds is 27. The van der Waals surface area contributed by atoms with Crippen molar-refractivity contribution in [1.29, 1.82) is 0 Å². The van der Waals surface area contributed by atoms with Gasteiger partial charge in [0.15, 0.2) is 6.29 Å². The summed E-state index contributed by atoms with van der Waals surface area (Å²) in [7, 11) is 0. The molecule has 258 valence electrons. The number of amides is 1. The number of ether oxygens (including phenoxy) is 2. The Labute approximate surface area is 267 Å². The van der Waals surface area contributed by atoms with Gasteiger partial charge in [-0.2, -0.15) is 0 Å². The Bertz CT molecular complexity index is 746. The van der Waals surface area contributed by atoms with Crippen LogP contribution < -0.4 is 5.32 Å². The second kappa shape index (κ2) is 26.8. The van der Waals surface area contributed by atoms with Crippen LogP contribution in [0.3, 0.4) is 0 Å². The second-order valence-electron chi connectivity index (χ2n) is 12.3. The molecule has 1 fully saturated rings. The van der Waals surface area contributed by atoms with Crippen LogP contribution >= 0.6 is 0 Å². The van der Waals surface area contributed by atoms with Crippen LogP contribution in [0.15, 0.2) is 24.3 Å². The summed E-state index contributed by atoms with van der Waals surface area (Å²) >= 11 is 0. The van der Waals surface area contributed by atoms with Gasteiger partial charge in [-0.25, -0.2) is 0 Å². The van der Waals surface area contributed by atoms with Gasteiger partial charge in [0, 0.05) is 6.42 Å². The molecular weight excluding hydrogens is 562 g/mol. The lowest BCUT2D eigenvalue weighted by molar-refractivity contribution is -0.302. The Morgan fingerprint density at radius 3 is 1.89 bits per heavy atom. The number of hydrogen-bond donors (Lipinski definition) is 6. The highest BCUT2D eigenvalue weighted by Gasteiger charge is 2.44. The molecule has 0 saturated carbocycles. The molecule has 9 nitrogen and oxygen atoms in total. The number of unbranched alkanes of at least 4 members (excludes halogenated alkanes) is 15. The first-order chi connectivity index (χ1) is 21.3. The van der Waals surface area contributed by atoms with Crippen LogP contribution in [0, 0.1) is 0 Å². The van der Waals surface area contributed by atoms with Crippen molar-refractivity contribution in [1.82, 2.24) is 5.32 Å². The number of carbonyl (C=O) groups excluding carboxylic acids is 1. The third-order valence-electron chi connectivity index (χ3n) is 8.27. The van der Waals surface area contributed by atoms with Gasteiger partial charge in [0.2, 0.25) is 5.91 Å². The maximum atomic E-state index is 12.7. The molecule has 7 atom stereocenters. The highest BCUT2D eigenvalue weighted by atomic mass is 16.7. The maximum absolute atomic E-state index is 12.7. The topological polar surface area (TPSA) is 149 Å². The Kier molecular flexibility index (Phi) is 24.8. The molecule has 0 aromatic carbocycles. The molecule has 1 rings (SSSR count). The zero-order chi connectivity index (χ0) is 32.4. The summed E-state index contributed by atoms with van der Waals surface area (Å²) in [5.41, 5.74) is 0. The Morgan fingerprint density at radius 1 is 0.750 bits per heavy atom. The van der Waals surface area contributed by atoms with Crippen molar-refractivity contribution in [3.63, 3.8) is 0 Å². The molecule has 0 bridgehead atoms. The van der Waals surface area contributed by atoms with Crippen LogP contribution in [-0.4, -0.2) is 87.5 Å². The summed E-state index contributed by atoms with van der Waals surface area (Å²) in [5, 5.41) is 53.4. The summed E-state index contributed by atoms with van der Waals surface area (Å²) in [6.07, 6.45) is 21.2. The van der Waals surface area contributed by atoms with Crippen LogP contribution in [0.25, 0.3) is 0 Å². The van der Waals surface area contributed by atoms with Gasteiger partial charge in [-0.1, -0.05) is 109 Å². The molecule has 0 spiro atoms. The molecular formula is C35H65NO8. The number of aliphatic hydroxyl groups is 5. The molecule has 1 aliphatic rings. The number of allylic oxidation sites excluding steroid dienone is 3. The van der Waals surface area contributed by atoms with Crippen molar-refractivity contribution in [3.8, 4) is 0 Å². The van der Waals surface area contributed by atoms with E-state index in [1.54, 1.807) is 6.08 Å². The van der Waals surface area contributed by atoms with Crippen molar-refractivity contribution in [2.45, 2.75) is 179 Å². The lowest BCUT2D eigenvalue weighted by atomic mass is 9.99. The van der Waals surface area contributed by atoms with E-state index in [0.29, 0.717) is 6.42 Å². The van der Waals surface area contributed by atoms with E-state index in [2.05, 4.69) is 31.3 Å². The first-order valence-electron chi connectivity index (χ1n) is 17.6. The van der Waals surface area contributed by atoms with Crippen LogP contribution in [0.1, 0.15) is 136 Å². The summed E-state index contributed by atoms with van der Waals surface area (Å²) in [6.45, 7) is 3.62. The number of aliphatic hydroxyl groups excluding tert-OH is 5. The third kappa shape index (κ3) is 18.6. The Morgan fingerprint density at radius 2 is 1.27 bits per heavy atom. The first kappa shape index (κ1) is 40.7. The monoisotopic (exact) mass is 627 g/mol. The molecule has 9 heteroatoms. The molecule has 1 amide bonds. The predicted octanol–water partition coefficient (Wildman–Crippen LogP) is 5.21. The van der Waals surface area contributed by atoms with E-state index in [1.165, 1.54) is 51.4 Å². The van der Waals surface area contributed by atoms with E-state index in [1.807, 2.05) is 6.08 Å². The van der Waals surface area contributed by atoms with E-state index in [4.69, 9.17) is 9.47 Å². The lowest BCUT2D eigenvalue weighted by Gasteiger charge is -2.40. The van der Waals surface area contributed by atoms with Crippen LogP contribution in [0.2, 0.25) is 0 Å². The summed E-state index contributed by atoms with van der Waals surface area (Å²) < 4.78 is 11.0. The predicted molar refractivity (Wildman–Crippen MR) is 175 cm³/mol. The van der Waals surface area contributed by atoms with E-state index < -0.39 is 49.5 Å². The van der Waals surface area contributed by atoms with Crippen LogP contribution in [0.4, 0.5) is 0 Å². The molecule has 1 saturated heterocycles. The van der Waals surface area contributed by atoms with Gasteiger partial charge in [-0.15, -0.1) is 0 Å². The minimum absolute atomic E-state index is 0.193. The zero-order valence-corrected chi connectivity index (χ0v) is 27.7. The van der Waals surface area contributed by atoms with Gasteiger partial charge in [-0.05, 0) is 44.9 Å². The van der Waals surface area contributed by atoms with Gasteiger partial charge in [0.1, 0.15) is 24.4 Å². The molecule has 0 aliphatic carbocycles. The minimum Gasteiger partial charge on any atom is -0.394 e. The van der Waals surface area contributed by atoms with Crippen molar-refractivity contribution >= 4 is 5.91 Å². The molecule has 1 heterocycles. The van der Waals surface area contributed by atoms with Gasteiger partial charge in [0.25, 0.3) is 0 Å². The largest absolute Gasteiger partial charge is 0.394 e. The second-order valence-corrected chi connectivity index (χ2v) is 12.3. The normalized spacial score (nSPS) is 23.8. The van der Waals surface area contributed by atoms with Gasteiger partial charge < -0.3 is 40.3 Å². The molecule has 6 N–H and O–H groups in total. The minimum atomic E-state index is -1.56. The van der Waals surface area contributed by atoms with Gasteiger partial charge >= 0.3 is 0 Å². The fourth-order valence-electron chi connectivity index (χ4n) is 5.32. The number of nitrogens with one attached hydrogen (secondary N) is 1. The molecule has 0 aromatic heterocycles. The highest BCUT2D eigenvalue weighted by Crippen LogP contribution is 2.22. The average molecular weight is 628 g/mol. The van der Waals surface area contributed by atoms with E-state index >= 15 is 0 Å². The lowest BCUT2D eigenvalue weighted by Crippen LogP contribution is -2.60.